The second-order valence-corrected chi connectivity index (χ2v) is 4.70. The number of hydrogen-bond donors (Lipinski definition) is 1. The summed E-state index contributed by atoms with van der Waals surface area (Å²) in [6, 6.07) is 7.24. The van der Waals surface area contributed by atoms with Crippen LogP contribution in [0.15, 0.2) is 34.8 Å². The van der Waals surface area contributed by atoms with E-state index in [9.17, 15) is 8.78 Å². The molecule has 18 heavy (non-hydrogen) atoms. The Bertz CT molecular complexity index is 579. The van der Waals surface area contributed by atoms with Crippen molar-refractivity contribution in [1.82, 2.24) is 0 Å². The van der Waals surface area contributed by atoms with Gasteiger partial charge in [0.2, 0.25) is 0 Å². The van der Waals surface area contributed by atoms with Crippen LogP contribution in [0.2, 0.25) is 0 Å². The monoisotopic (exact) mass is 313 g/mol. The van der Waals surface area contributed by atoms with Gasteiger partial charge in [-0.2, -0.15) is 0 Å². The fraction of sp³-hybridized carbons (Fsp3) is 0.0769. The van der Waals surface area contributed by atoms with E-state index in [1.54, 1.807) is 18.2 Å². The number of hydrogen-bond acceptors (Lipinski definition) is 2. The van der Waals surface area contributed by atoms with Gasteiger partial charge in [0.1, 0.15) is 5.75 Å². The molecule has 2 nitrogen and oxygen atoms in total. The highest BCUT2D eigenvalue weighted by molar-refractivity contribution is 9.10. The average Bonchev–Trinajstić information content (AvgIpc) is 2.25. The van der Waals surface area contributed by atoms with Crippen LogP contribution in [0.3, 0.4) is 0 Å². The molecule has 2 aromatic rings. The number of ether oxygens (including phenoxy) is 1. The van der Waals surface area contributed by atoms with E-state index in [-0.39, 0.29) is 5.69 Å². The lowest BCUT2D eigenvalue weighted by Crippen LogP contribution is -1.96. The zero-order chi connectivity index (χ0) is 13.3. The van der Waals surface area contributed by atoms with Crippen molar-refractivity contribution >= 4 is 21.6 Å². The van der Waals surface area contributed by atoms with Crippen molar-refractivity contribution in [3.8, 4) is 11.5 Å². The van der Waals surface area contributed by atoms with Crippen molar-refractivity contribution in [1.29, 1.82) is 0 Å². The lowest BCUT2D eigenvalue weighted by molar-refractivity contribution is 0.406. The van der Waals surface area contributed by atoms with Gasteiger partial charge in [-0.1, -0.05) is 6.07 Å². The van der Waals surface area contributed by atoms with Crippen LogP contribution in [-0.4, -0.2) is 0 Å². The number of benzene rings is 2. The number of rotatable bonds is 2. The van der Waals surface area contributed by atoms with Crippen LogP contribution in [0.5, 0.6) is 11.5 Å². The van der Waals surface area contributed by atoms with Crippen molar-refractivity contribution in [2.75, 3.05) is 5.73 Å². The zero-order valence-electron chi connectivity index (χ0n) is 9.51. The molecule has 0 bridgehead atoms. The first kappa shape index (κ1) is 12.8. The van der Waals surface area contributed by atoms with Gasteiger partial charge >= 0.3 is 0 Å². The van der Waals surface area contributed by atoms with Crippen LogP contribution >= 0.6 is 15.9 Å². The molecule has 0 fully saturated rings. The quantitative estimate of drug-likeness (QED) is 0.833. The van der Waals surface area contributed by atoms with Crippen molar-refractivity contribution < 1.29 is 13.5 Å². The maximum atomic E-state index is 13.5. The molecule has 0 atom stereocenters. The molecule has 2 N–H and O–H groups in total. The summed E-state index contributed by atoms with van der Waals surface area (Å²) in [5.74, 6) is -1.79. The first-order valence-corrected chi connectivity index (χ1v) is 5.95. The smallest absolute Gasteiger partial charge is 0.198 e. The zero-order valence-corrected chi connectivity index (χ0v) is 11.1. The molecule has 0 spiro atoms. The van der Waals surface area contributed by atoms with E-state index in [2.05, 4.69) is 15.9 Å². The predicted molar refractivity (Wildman–Crippen MR) is 69.7 cm³/mol. The van der Waals surface area contributed by atoms with E-state index in [1.165, 1.54) is 0 Å². The molecular weight excluding hydrogens is 304 g/mol. The molecular formula is C13H10BrF2NO. The van der Waals surface area contributed by atoms with Gasteiger partial charge in [0.25, 0.3) is 0 Å². The van der Waals surface area contributed by atoms with Crippen LogP contribution < -0.4 is 10.5 Å². The Morgan fingerprint density at radius 3 is 2.28 bits per heavy atom. The Hall–Kier alpha value is -1.62. The first-order valence-electron chi connectivity index (χ1n) is 5.16. The molecule has 0 amide bonds. The standard InChI is InChI=1S/C13H10BrF2NO/c1-7-2-3-12(9(14)4-7)18-13-10(15)5-8(17)6-11(13)16/h2-6H,17H2,1H3. The van der Waals surface area contributed by atoms with Crippen molar-refractivity contribution in [2.24, 2.45) is 0 Å². The minimum absolute atomic E-state index is 0.0142. The maximum Gasteiger partial charge on any atom is 0.198 e. The van der Waals surface area contributed by atoms with Gasteiger partial charge in [-0.3, -0.25) is 0 Å². The average molecular weight is 314 g/mol. The van der Waals surface area contributed by atoms with Gasteiger partial charge in [-0.15, -0.1) is 0 Å². The molecule has 0 aliphatic rings. The fourth-order valence-electron chi connectivity index (χ4n) is 1.48. The molecule has 2 rings (SSSR count). The van der Waals surface area contributed by atoms with Gasteiger partial charge in [0.05, 0.1) is 4.47 Å². The molecule has 94 valence electrons. The van der Waals surface area contributed by atoms with Gasteiger partial charge in [0, 0.05) is 17.8 Å². The van der Waals surface area contributed by atoms with Crippen LogP contribution in [-0.2, 0) is 0 Å². The molecule has 0 aliphatic carbocycles. The highest BCUT2D eigenvalue weighted by atomic mass is 79.9. The number of nitrogen functional groups attached to an aromatic ring is 1. The summed E-state index contributed by atoms with van der Waals surface area (Å²) in [6.45, 7) is 1.90. The van der Waals surface area contributed by atoms with Gasteiger partial charge in [-0.05, 0) is 40.5 Å². The van der Waals surface area contributed by atoms with E-state index >= 15 is 0 Å². The highest BCUT2D eigenvalue weighted by Gasteiger charge is 2.14. The minimum Gasteiger partial charge on any atom is -0.450 e. The van der Waals surface area contributed by atoms with Gasteiger partial charge < -0.3 is 10.5 Å². The second-order valence-electron chi connectivity index (χ2n) is 3.85. The van der Waals surface area contributed by atoms with E-state index in [1.807, 2.05) is 6.92 Å². The van der Waals surface area contributed by atoms with Crippen molar-refractivity contribution in [3.63, 3.8) is 0 Å². The van der Waals surface area contributed by atoms with Crippen LogP contribution in [0, 0.1) is 18.6 Å². The third-order valence-corrected chi connectivity index (χ3v) is 2.94. The highest BCUT2D eigenvalue weighted by Crippen LogP contribution is 2.34. The number of halogens is 3. The van der Waals surface area contributed by atoms with E-state index < -0.39 is 17.4 Å². The Morgan fingerprint density at radius 1 is 1.11 bits per heavy atom. The Balaban J connectivity index is 2.40. The number of aryl methyl sites for hydroxylation is 1. The van der Waals surface area contributed by atoms with Gasteiger partial charge in [-0.25, -0.2) is 8.78 Å². The Kier molecular flexibility index (Phi) is 3.52. The molecule has 0 saturated carbocycles. The Morgan fingerprint density at radius 2 is 1.72 bits per heavy atom. The third kappa shape index (κ3) is 2.61. The normalized spacial score (nSPS) is 10.4. The van der Waals surface area contributed by atoms with Gasteiger partial charge in [0.15, 0.2) is 17.4 Å². The molecule has 0 heterocycles. The Labute approximate surface area is 112 Å². The predicted octanol–water partition coefficient (Wildman–Crippen LogP) is 4.41. The summed E-state index contributed by atoms with van der Waals surface area (Å²) in [5.41, 5.74) is 6.35. The topological polar surface area (TPSA) is 35.2 Å². The summed E-state index contributed by atoms with van der Waals surface area (Å²) in [5, 5.41) is 0. The number of nitrogens with two attached hydrogens (primary N) is 1. The van der Waals surface area contributed by atoms with Crippen LogP contribution in [0.25, 0.3) is 0 Å². The third-order valence-electron chi connectivity index (χ3n) is 2.32. The van der Waals surface area contributed by atoms with Crippen LogP contribution in [0.4, 0.5) is 14.5 Å². The summed E-state index contributed by atoms with van der Waals surface area (Å²) in [6.07, 6.45) is 0. The molecule has 5 heteroatoms. The van der Waals surface area contributed by atoms with Crippen molar-refractivity contribution in [2.45, 2.75) is 6.92 Å². The SMILES string of the molecule is Cc1ccc(Oc2c(F)cc(N)cc2F)c(Br)c1. The lowest BCUT2D eigenvalue weighted by Gasteiger charge is -2.10. The maximum absolute atomic E-state index is 13.5. The summed E-state index contributed by atoms with van der Waals surface area (Å²) >= 11 is 3.27. The molecule has 0 aromatic heterocycles. The van der Waals surface area contributed by atoms with E-state index in [0.717, 1.165) is 17.7 Å². The molecule has 2 aromatic carbocycles. The molecule has 0 aliphatic heterocycles. The van der Waals surface area contributed by atoms with Crippen molar-refractivity contribution in [3.05, 3.63) is 52.0 Å². The van der Waals surface area contributed by atoms with E-state index in [0.29, 0.717) is 10.2 Å². The summed E-state index contributed by atoms with van der Waals surface area (Å²) < 4.78 is 32.9. The molecule has 0 saturated heterocycles. The minimum atomic E-state index is -0.833. The largest absolute Gasteiger partial charge is 0.450 e. The molecule has 0 unspecified atom stereocenters. The first-order chi connectivity index (χ1) is 8.47. The fourth-order valence-corrected chi connectivity index (χ4v) is 2.05. The molecule has 0 radical (unpaired) electrons. The second kappa shape index (κ2) is 4.94. The summed E-state index contributed by atoms with van der Waals surface area (Å²) in [7, 11) is 0. The van der Waals surface area contributed by atoms with E-state index in [4.69, 9.17) is 10.5 Å². The number of anilines is 1. The van der Waals surface area contributed by atoms with Crippen LogP contribution in [0.1, 0.15) is 5.56 Å². The summed E-state index contributed by atoms with van der Waals surface area (Å²) in [4.78, 5) is 0. The lowest BCUT2D eigenvalue weighted by atomic mass is 10.2.